The maximum absolute atomic E-state index is 11.8. The predicted octanol–water partition coefficient (Wildman–Crippen LogP) is 0.862. The molecule has 114 valence electrons. The van der Waals surface area contributed by atoms with Gasteiger partial charge in [0.2, 0.25) is 5.91 Å². The van der Waals surface area contributed by atoms with Crippen LogP contribution in [0.5, 0.6) is 0 Å². The molecule has 0 aromatic carbocycles. The summed E-state index contributed by atoms with van der Waals surface area (Å²) in [5.41, 5.74) is -0.466. The molecule has 1 unspecified atom stereocenters. The number of hydrogen-bond acceptors (Lipinski definition) is 4. The third-order valence-electron chi connectivity index (χ3n) is 3.72. The normalized spacial score (nSPS) is 30.1. The molecule has 0 aromatic rings. The average molecular weight is 283 g/mol. The van der Waals surface area contributed by atoms with E-state index >= 15 is 0 Å². The molecule has 20 heavy (non-hydrogen) atoms. The standard InChI is InChI=1S/C14H25N3O3/c1-14(2,3)20-13(19)16-10-7-9(8-10)15-11-5-6-17(4)12(11)18/h9-11,15H,5-8H2,1-4H3,(H,16,19). The smallest absolute Gasteiger partial charge is 0.407 e. The molecular formula is C14H25N3O3. The molecule has 0 spiro atoms. The van der Waals surface area contributed by atoms with Crippen LogP contribution in [0.1, 0.15) is 40.0 Å². The Morgan fingerprint density at radius 3 is 2.45 bits per heavy atom. The molecule has 0 radical (unpaired) electrons. The van der Waals surface area contributed by atoms with Gasteiger partial charge in [0.1, 0.15) is 5.60 Å². The second-order valence-electron chi connectivity index (χ2n) is 6.78. The first kappa shape index (κ1) is 15.1. The van der Waals surface area contributed by atoms with E-state index in [0.717, 1.165) is 25.8 Å². The first-order valence-electron chi connectivity index (χ1n) is 7.25. The molecule has 1 aliphatic carbocycles. The lowest BCUT2D eigenvalue weighted by Crippen LogP contribution is -2.56. The summed E-state index contributed by atoms with van der Waals surface area (Å²) >= 11 is 0. The van der Waals surface area contributed by atoms with Crippen LogP contribution in [-0.2, 0) is 9.53 Å². The molecule has 2 aliphatic rings. The van der Waals surface area contributed by atoms with Crippen LogP contribution < -0.4 is 10.6 Å². The van der Waals surface area contributed by atoms with Crippen molar-refractivity contribution in [1.29, 1.82) is 0 Å². The molecule has 2 fully saturated rings. The summed E-state index contributed by atoms with van der Waals surface area (Å²) in [6, 6.07) is 0.416. The van der Waals surface area contributed by atoms with Gasteiger partial charge in [0.05, 0.1) is 6.04 Å². The zero-order valence-corrected chi connectivity index (χ0v) is 12.7. The van der Waals surface area contributed by atoms with E-state index in [-0.39, 0.29) is 24.1 Å². The number of carbonyl (C=O) groups excluding carboxylic acids is 2. The first-order valence-corrected chi connectivity index (χ1v) is 7.25. The van der Waals surface area contributed by atoms with Gasteiger partial charge >= 0.3 is 6.09 Å². The molecule has 6 heteroatoms. The van der Waals surface area contributed by atoms with Crippen LogP contribution in [0.4, 0.5) is 4.79 Å². The maximum Gasteiger partial charge on any atom is 0.407 e. The predicted molar refractivity (Wildman–Crippen MR) is 75.4 cm³/mol. The topological polar surface area (TPSA) is 70.7 Å². The van der Waals surface area contributed by atoms with Crippen LogP contribution in [-0.4, -0.2) is 54.2 Å². The van der Waals surface area contributed by atoms with Gasteiger partial charge in [-0.1, -0.05) is 0 Å². The number of nitrogens with zero attached hydrogens (tertiary/aromatic N) is 1. The third kappa shape index (κ3) is 3.85. The highest BCUT2D eigenvalue weighted by molar-refractivity contribution is 5.83. The van der Waals surface area contributed by atoms with Crippen molar-refractivity contribution in [3.05, 3.63) is 0 Å². The summed E-state index contributed by atoms with van der Waals surface area (Å²) in [7, 11) is 1.83. The van der Waals surface area contributed by atoms with Crippen LogP contribution in [0.25, 0.3) is 0 Å². The highest BCUT2D eigenvalue weighted by Gasteiger charge is 2.36. The first-order chi connectivity index (χ1) is 9.24. The Morgan fingerprint density at radius 1 is 1.30 bits per heavy atom. The Labute approximate surface area is 120 Å². The maximum atomic E-state index is 11.8. The molecule has 2 N–H and O–H groups in total. The van der Waals surface area contributed by atoms with E-state index < -0.39 is 5.60 Å². The number of carbonyl (C=O) groups is 2. The van der Waals surface area contributed by atoms with Crippen LogP contribution in [0.15, 0.2) is 0 Å². The Hall–Kier alpha value is -1.30. The van der Waals surface area contributed by atoms with Crippen molar-refractivity contribution in [2.24, 2.45) is 0 Å². The zero-order chi connectivity index (χ0) is 14.9. The molecule has 1 heterocycles. The van der Waals surface area contributed by atoms with Crippen molar-refractivity contribution < 1.29 is 14.3 Å². The Kier molecular flexibility index (Phi) is 4.22. The Morgan fingerprint density at radius 2 is 1.95 bits per heavy atom. The number of alkyl carbamates (subject to hydrolysis) is 1. The van der Waals surface area contributed by atoms with Crippen LogP contribution >= 0.6 is 0 Å². The summed E-state index contributed by atoms with van der Waals surface area (Å²) < 4.78 is 5.21. The molecule has 1 saturated carbocycles. The van der Waals surface area contributed by atoms with E-state index in [4.69, 9.17) is 4.74 Å². The zero-order valence-electron chi connectivity index (χ0n) is 12.7. The highest BCUT2D eigenvalue weighted by atomic mass is 16.6. The van der Waals surface area contributed by atoms with Crippen LogP contribution in [0, 0.1) is 0 Å². The summed E-state index contributed by atoms with van der Waals surface area (Å²) in [6.07, 6.45) is 2.22. The number of likely N-dealkylation sites (N-methyl/N-ethyl adjacent to an activating group) is 1. The monoisotopic (exact) mass is 283 g/mol. The van der Waals surface area contributed by atoms with Crippen molar-refractivity contribution in [1.82, 2.24) is 15.5 Å². The number of ether oxygens (including phenoxy) is 1. The van der Waals surface area contributed by atoms with Crippen molar-refractivity contribution in [2.75, 3.05) is 13.6 Å². The van der Waals surface area contributed by atoms with Crippen LogP contribution in [0.3, 0.4) is 0 Å². The summed E-state index contributed by atoms with van der Waals surface area (Å²) in [4.78, 5) is 25.1. The van der Waals surface area contributed by atoms with Gasteiger partial charge in [0, 0.05) is 25.7 Å². The summed E-state index contributed by atoms with van der Waals surface area (Å²) in [6.45, 7) is 6.36. The van der Waals surface area contributed by atoms with Gasteiger partial charge in [-0.2, -0.15) is 0 Å². The van der Waals surface area contributed by atoms with Crippen molar-refractivity contribution >= 4 is 12.0 Å². The minimum atomic E-state index is -0.466. The van der Waals surface area contributed by atoms with Gasteiger partial charge in [-0.25, -0.2) is 4.79 Å². The number of rotatable bonds is 3. The number of amides is 2. The Balaban J connectivity index is 1.65. The molecular weight excluding hydrogens is 258 g/mol. The second kappa shape index (κ2) is 5.60. The van der Waals surface area contributed by atoms with E-state index in [2.05, 4.69) is 10.6 Å². The fraction of sp³-hybridized carbons (Fsp3) is 0.857. The lowest BCUT2D eigenvalue weighted by Gasteiger charge is -2.37. The lowest BCUT2D eigenvalue weighted by atomic mass is 9.86. The van der Waals surface area contributed by atoms with E-state index in [9.17, 15) is 9.59 Å². The molecule has 0 aromatic heterocycles. The van der Waals surface area contributed by atoms with E-state index in [1.165, 1.54) is 0 Å². The molecule has 1 aliphatic heterocycles. The lowest BCUT2D eigenvalue weighted by molar-refractivity contribution is -0.128. The number of nitrogens with one attached hydrogen (secondary N) is 2. The second-order valence-corrected chi connectivity index (χ2v) is 6.78. The van der Waals surface area contributed by atoms with E-state index in [1.54, 1.807) is 4.90 Å². The summed E-state index contributed by atoms with van der Waals surface area (Å²) in [5.74, 6) is 0.175. The minimum absolute atomic E-state index is 0.0486. The highest BCUT2D eigenvalue weighted by Crippen LogP contribution is 2.23. The molecule has 0 bridgehead atoms. The van der Waals surface area contributed by atoms with Crippen molar-refractivity contribution in [3.8, 4) is 0 Å². The van der Waals surface area contributed by atoms with E-state index in [1.807, 2.05) is 27.8 Å². The molecule has 6 nitrogen and oxygen atoms in total. The minimum Gasteiger partial charge on any atom is -0.444 e. The largest absolute Gasteiger partial charge is 0.444 e. The van der Waals surface area contributed by atoms with Gasteiger partial charge in [-0.3, -0.25) is 4.79 Å². The van der Waals surface area contributed by atoms with E-state index in [0.29, 0.717) is 6.04 Å². The fourth-order valence-corrected chi connectivity index (χ4v) is 2.61. The third-order valence-corrected chi connectivity index (χ3v) is 3.72. The summed E-state index contributed by atoms with van der Waals surface area (Å²) in [5, 5.41) is 6.21. The van der Waals surface area contributed by atoms with Gasteiger partial charge < -0.3 is 20.3 Å². The van der Waals surface area contributed by atoms with Crippen LogP contribution in [0.2, 0.25) is 0 Å². The quantitative estimate of drug-likeness (QED) is 0.806. The average Bonchev–Trinajstić information content (AvgIpc) is 2.55. The van der Waals surface area contributed by atoms with Gasteiger partial charge in [-0.15, -0.1) is 0 Å². The van der Waals surface area contributed by atoms with Gasteiger partial charge in [-0.05, 0) is 40.0 Å². The van der Waals surface area contributed by atoms with Gasteiger partial charge in [0.25, 0.3) is 0 Å². The van der Waals surface area contributed by atoms with Gasteiger partial charge in [0.15, 0.2) is 0 Å². The molecule has 1 saturated heterocycles. The molecule has 2 amide bonds. The van der Waals surface area contributed by atoms with Crippen molar-refractivity contribution in [3.63, 3.8) is 0 Å². The molecule has 1 atom stereocenters. The SMILES string of the molecule is CN1CCC(NC2CC(NC(=O)OC(C)(C)C)C2)C1=O. The van der Waals surface area contributed by atoms with Crippen molar-refractivity contribution in [2.45, 2.75) is 63.8 Å². The Bertz CT molecular complexity index is 386. The number of hydrogen-bond donors (Lipinski definition) is 2. The fourth-order valence-electron chi connectivity index (χ4n) is 2.61. The number of likely N-dealkylation sites (tertiary alicyclic amines) is 1. The molecule has 2 rings (SSSR count).